The van der Waals surface area contributed by atoms with E-state index in [1.165, 1.54) is 77.0 Å². The van der Waals surface area contributed by atoms with E-state index in [2.05, 4.69) is 55.7 Å². The maximum atomic E-state index is 12.4. The van der Waals surface area contributed by atoms with Crippen molar-refractivity contribution in [3.05, 3.63) is 48.6 Å². The second-order valence-electron chi connectivity index (χ2n) is 15.1. The van der Waals surface area contributed by atoms with E-state index >= 15 is 0 Å². The fraction of sp³-hybridized carbons (Fsp3) is 0.773. The molecule has 0 bridgehead atoms. The number of unbranched alkanes of at least 4 members (excludes halogenated alkanes) is 14. The second-order valence-corrected chi connectivity index (χ2v) is 16.3. The van der Waals surface area contributed by atoms with Gasteiger partial charge in [-0.15, -0.1) is 0 Å². The van der Waals surface area contributed by atoms with Gasteiger partial charge in [-0.3, -0.25) is 14.1 Å². The number of ether oxygens (including phenoxy) is 2. The molecule has 10 nitrogen and oxygen atoms in total. The molecule has 0 aromatic rings. The molecule has 3 atom stereocenters. The van der Waals surface area contributed by atoms with Crippen molar-refractivity contribution in [3.8, 4) is 0 Å². The number of hydrogen-bond acceptors (Lipinski definition) is 8. The average Bonchev–Trinajstić information content (AvgIpc) is 3.13. The zero-order chi connectivity index (χ0) is 40.8. The lowest BCUT2D eigenvalue weighted by Gasteiger charge is -2.19. The Balaban J connectivity index is 4.13. The van der Waals surface area contributed by atoms with Gasteiger partial charge in [-0.1, -0.05) is 166 Å². The van der Waals surface area contributed by atoms with Gasteiger partial charge in [0.25, 0.3) is 0 Å². The molecule has 0 heterocycles. The van der Waals surface area contributed by atoms with Gasteiger partial charge >= 0.3 is 19.8 Å². The van der Waals surface area contributed by atoms with Gasteiger partial charge in [-0.25, -0.2) is 4.57 Å². The van der Waals surface area contributed by atoms with Crippen molar-refractivity contribution in [3.63, 3.8) is 0 Å². The molecule has 0 aliphatic rings. The molecule has 0 unspecified atom stereocenters. The minimum absolute atomic E-state index is 0.0491. The van der Waals surface area contributed by atoms with Crippen LogP contribution in [-0.2, 0) is 28.2 Å². The molecule has 320 valence electrons. The fourth-order valence-corrected chi connectivity index (χ4v) is 6.30. The van der Waals surface area contributed by atoms with Gasteiger partial charge in [0.05, 0.1) is 18.8 Å². The number of phosphoric acid groups is 1. The largest absolute Gasteiger partial charge is 0.469 e. The Morgan fingerprint density at radius 3 is 1.51 bits per heavy atom. The highest BCUT2D eigenvalue weighted by Gasteiger charge is 2.23. The third-order valence-corrected chi connectivity index (χ3v) is 9.73. The SMILES string of the molecule is CC/C=C\C/C=C\C/C=C\C/C=C\C[C@H](O)[C@@H](O)CCCC(=O)OC[C@H](COP(=O)(O)O)OC(=O)CCCCCCCCCCCCCCCCCC(C)C. The maximum Gasteiger partial charge on any atom is 0.469 e. The van der Waals surface area contributed by atoms with Crippen LogP contribution in [0.3, 0.4) is 0 Å². The van der Waals surface area contributed by atoms with E-state index in [-0.39, 0.29) is 32.1 Å². The number of phosphoric ester groups is 1. The zero-order valence-corrected chi connectivity index (χ0v) is 35.6. The van der Waals surface area contributed by atoms with Gasteiger partial charge < -0.3 is 29.5 Å². The van der Waals surface area contributed by atoms with Crippen molar-refractivity contribution in [2.24, 2.45) is 5.92 Å². The Kier molecular flexibility index (Phi) is 36.1. The number of aliphatic hydroxyl groups is 2. The van der Waals surface area contributed by atoms with Gasteiger partial charge in [0, 0.05) is 12.8 Å². The summed E-state index contributed by atoms with van der Waals surface area (Å²) in [6.07, 6.45) is 37.3. The Labute approximate surface area is 334 Å². The van der Waals surface area contributed by atoms with Crippen molar-refractivity contribution in [2.45, 2.75) is 200 Å². The summed E-state index contributed by atoms with van der Waals surface area (Å²) in [4.78, 5) is 42.9. The van der Waals surface area contributed by atoms with E-state index in [0.29, 0.717) is 6.42 Å². The van der Waals surface area contributed by atoms with Gasteiger partial charge in [0.2, 0.25) is 0 Å². The Morgan fingerprint density at radius 2 is 1.02 bits per heavy atom. The lowest BCUT2D eigenvalue weighted by molar-refractivity contribution is -0.161. The van der Waals surface area contributed by atoms with Crippen LogP contribution < -0.4 is 0 Å². The number of aliphatic hydroxyl groups excluding tert-OH is 2. The van der Waals surface area contributed by atoms with E-state index < -0.39 is 51.3 Å². The minimum Gasteiger partial charge on any atom is -0.462 e. The summed E-state index contributed by atoms with van der Waals surface area (Å²) in [6.45, 7) is 5.66. The van der Waals surface area contributed by atoms with Crippen LogP contribution in [0.1, 0.15) is 181 Å². The predicted molar refractivity (Wildman–Crippen MR) is 223 cm³/mol. The van der Waals surface area contributed by atoms with Gasteiger partial charge in [0.1, 0.15) is 6.61 Å². The van der Waals surface area contributed by atoms with Crippen LogP contribution in [0, 0.1) is 5.92 Å². The molecule has 0 saturated heterocycles. The number of hydrogen-bond donors (Lipinski definition) is 4. The topological polar surface area (TPSA) is 160 Å². The summed E-state index contributed by atoms with van der Waals surface area (Å²) >= 11 is 0. The smallest absolute Gasteiger partial charge is 0.462 e. The van der Waals surface area contributed by atoms with E-state index in [1.54, 1.807) is 0 Å². The molecule has 0 spiro atoms. The molecule has 0 aromatic carbocycles. The number of allylic oxidation sites excluding steroid dienone is 7. The van der Waals surface area contributed by atoms with Crippen LogP contribution in [0.5, 0.6) is 0 Å². The summed E-state index contributed by atoms with van der Waals surface area (Å²) in [5.41, 5.74) is 0. The quantitative estimate of drug-likeness (QED) is 0.0205. The van der Waals surface area contributed by atoms with Crippen molar-refractivity contribution >= 4 is 19.8 Å². The lowest BCUT2D eigenvalue weighted by Crippen LogP contribution is -2.29. The van der Waals surface area contributed by atoms with Crippen molar-refractivity contribution < 1.29 is 48.2 Å². The zero-order valence-electron chi connectivity index (χ0n) is 34.7. The second kappa shape index (κ2) is 37.5. The highest BCUT2D eigenvalue weighted by atomic mass is 31.2. The van der Waals surface area contributed by atoms with Crippen LogP contribution in [0.4, 0.5) is 0 Å². The van der Waals surface area contributed by atoms with Gasteiger partial charge in [-0.2, -0.15) is 0 Å². The molecular weight excluding hydrogens is 719 g/mol. The minimum atomic E-state index is -4.82. The molecule has 0 aliphatic heterocycles. The maximum absolute atomic E-state index is 12.4. The molecule has 0 amide bonds. The molecule has 0 aromatic heterocycles. The first-order chi connectivity index (χ1) is 26.4. The van der Waals surface area contributed by atoms with Crippen LogP contribution in [0.15, 0.2) is 48.6 Å². The highest BCUT2D eigenvalue weighted by Crippen LogP contribution is 2.36. The normalized spacial score (nSPS) is 14.2. The molecule has 0 radical (unpaired) electrons. The summed E-state index contributed by atoms with van der Waals surface area (Å²) < 4.78 is 26.2. The summed E-state index contributed by atoms with van der Waals surface area (Å²) in [5.74, 6) is -0.347. The Hall–Kier alpha value is -2.07. The summed E-state index contributed by atoms with van der Waals surface area (Å²) in [6, 6.07) is 0. The van der Waals surface area contributed by atoms with Crippen molar-refractivity contribution in [1.29, 1.82) is 0 Å². The number of carbonyl (C=O) groups excluding carboxylic acids is 2. The van der Waals surface area contributed by atoms with Crippen molar-refractivity contribution in [1.82, 2.24) is 0 Å². The molecule has 0 fully saturated rings. The number of esters is 2. The summed E-state index contributed by atoms with van der Waals surface area (Å²) in [5, 5.41) is 20.5. The first-order valence-electron chi connectivity index (χ1n) is 21.5. The summed E-state index contributed by atoms with van der Waals surface area (Å²) in [7, 11) is -4.82. The molecule has 11 heteroatoms. The van der Waals surface area contributed by atoms with Gasteiger partial charge in [-0.05, 0) is 57.3 Å². The van der Waals surface area contributed by atoms with E-state index in [1.807, 2.05) is 18.2 Å². The van der Waals surface area contributed by atoms with Gasteiger partial charge in [0.15, 0.2) is 6.10 Å². The third kappa shape index (κ3) is 39.9. The van der Waals surface area contributed by atoms with E-state index in [0.717, 1.165) is 50.9 Å². The van der Waals surface area contributed by atoms with E-state index in [4.69, 9.17) is 19.3 Å². The number of rotatable bonds is 38. The molecule has 55 heavy (non-hydrogen) atoms. The fourth-order valence-electron chi connectivity index (χ4n) is 5.94. The van der Waals surface area contributed by atoms with Crippen LogP contribution >= 0.6 is 7.82 Å². The van der Waals surface area contributed by atoms with Crippen LogP contribution in [-0.4, -0.2) is 63.5 Å². The standard InChI is InChI=1S/C44H79O10P/c1-4-5-6-7-8-9-10-17-20-23-26-29-33-41(45)42(46)34-31-36-43(47)52-37-40(38-53-55(49,50)51)54-44(48)35-30-27-24-21-18-15-13-11-12-14-16-19-22-25-28-32-39(2)3/h5-6,8-9,17,20,26,29,39-42,45-46H,4,7,10-16,18-19,21-25,27-28,30-38H2,1-3H3,(H2,49,50,51)/b6-5-,9-8-,20-17-,29-26-/t40-,41+,42+/m1/s1. The van der Waals surface area contributed by atoms with Crippen LogP contribution in [0.25, 0.3) is 0 Å². The van der Waals surface area contributed by atoms with Crippen LogP contribution in [0.2, 0.25) is 0 Å². The number of carbonyl (C=O) groups is 2. The molecule has 0 saturated carbocycles. The van der Waals surface area contributed by atoms with E-state index in [9.17, 15) is 24.4 Å². The molecule has 4 N–H and O–H groups in total. The molecule has 0 aliphatic carbocycles. The third-order valence-electron chi connectivity index (χ3n) is 9.24. The highest BCUT2D eigenvalue weighted by molar-refractivity contribution is 7.46. The first-order valence-corrected chi connectivity index (χ1v) is 23.0. The van der Waals surface area contributed by atoms with Crippen molar-refractivity contribution in [2.75, 3.05) is 13.2 Å². The average molecular weight is 799 g/mol. The molecule has 0 rings (SSSR count). The predicted octanol–water partition coefficient (Wildman–Crippen LogP) is 10.9. The molecular formula is C44H79O10P. The Bertz CT molecular complexity index is 1080. The lowest BCUT2D eigenvalue weighted by atomic mass is 10.0. The Morgan fingerprint density at radius 1 is 0.564 bits per heavy atom. The monoisotopic (exact) mass is 799 g/mol. The first kappa shape index (κ1) is 52.9.